The van der Waals surface area contributed by atoms with Crippen molar-refractivity contribution in [3.63, 3.8) is 0 Å². The number of nitriles is 1. The Hall–Kier alpha value is -2.42. The van der Waals surface area contributed by atoms with E-state index in [4.69, 9.17) is 4.74 Å². The second-order valence-corrected chi connectivity index (χ2v) is 10.5. The Bertz CT molecular complexity index is 1280. The van der Waals surface area contributed by atoms with E-state index in [1.807, 2.05) is 6.07 Å². The van der Waals surface area contributed by atoms with Gasteiger partial charge in [-0.3, -0.25) is 0 Å². The first kappa shape index (κ1) is 29.1. The zero-order valence-corrected chi connectivity index (χ0v) is 20.6. The van der Waals surface area contributed by atoms with E-state index >= 15 is 0 Å². The maximum atomic E-state index is 12.5. The molecule has 1 aliphatic heterocycles. The van der Waals surface area contributed by atoms with E-state index in [1.54, 1.807) is 6.26 Å². The van der Waals surface area contributed by atoms with Gasteiger partial charge in [0.15, 0.2) is 0 Å². The van der Waals surface area contributed by atoms with Crippen LogP contribution in [0, 0.1) is 11.3 Å². The van der Waals surface area contributed by atoms with Gasteiger partial charge in [0.2, 0.25) is 5.79 Å². The van der Waals surface area contributed by atoms with Crippen molar-refractivity contribution in [1.29, 1.82) is 5.26 Å². The average molecular weight is 566 g/mol. The van der Waals surface area contributed by atoms with E-state index in [9.17, 15) is 52.4 Å². The van der Waals surface area contributed by atoms with Crippen LogP contribution in [-0.2, 0) is 27.1 Å². The van der Waals surface area contributed by atoms with Crippen LogP contribution in [-0.4, -0.2) is 76.7 Å². The Labute approximate surface area is 213 Å². The summed E-state index contributed by atoms with van der Waals surface area (Å²) in [4.78, 5) is 0.281. The summed E-state index contributed by atoms with van der Waals surface area (Å²) < 4.78 is 69.4. The Balaban J connectivity index is 1.99. The highest BCUT2D eigenvalue weighted by Crippen LogP contribution is 2.41. The van der Waals surface area contributed by atoms with Gasteiger partial charge in [0.05, 0.1) is 18.2 Å². The maximum absolute atomic E-state index is 12.5. The zero-order valence-electron chi connectivity index (χ0n) is 19.0. The van der Waals surface area contributed by atoms with Crippen molar-refractivity contribution in [3.05, 3.63) is 58.7 Å². The summed E-state index contributed by atoms with van der Waals surface area (Å²) in [6.45, 7) is -0.788. The summed E-state index contributed by atoms with van der Waals surface area (Å²) in [7, 11) is -5.85. The number of ether oxygens (including phenoxy) is 1. The SMILES string of the molecule is CSc1cc(C#N)c(Cc2ccc(OS(=O)(=O)C(F)(F)F)cc2)cc1[C@]1(O)O[C@H](CO)[C@@H](O)[C@H](O)[C@H]1O. The molecule has 1 aliphatic rings. The van der Waals surface area contributed by atoms with Crippen LogP contribution in [0.1, 0.15) is 22.3 Å². The predicted octanol–water partition coefficient (Wildman–Crippen LogP) is 0.718. The smallest absolute Gasteiger partial charge is 0.394 e. The predicted molar refractivity (Wildman–Crippen MR) is 122 cm³/mol. The van der Waals surface area contributed by atoms with Crippen molar-refractivity contribution in [2.75, 3.05) is 12.9 Å². The first-order chi connectivity index (χ1) is 17.2. The number of hydrogen-bond donors (Lipinski definition) is 5. The van der Waals surface area contributed by atoms with Crippen LogP contribution in [0.15, 0.2) is 41.3 Å². The third kappa shape index (κ3) is 5.71. The van der Waals surface area contributed by atoms with Crippen LogP contribution in [0.3, 0.4) is 0 Å². The van der Waals surface area contributed by atoms with Crippen molar-refractivity contribution in [1.82, 2.24) is 0 Å². The molecule has 0 saturated carbocycles. The molecule has 5 N–H and O–H groups in total. The first-order valence-electron chi connectivity index (χ1n) is 10.4. The Morgan fingerprint density at radius 2 is 1.78 bits per heavy atom. The van der Waals surface area contributed by atoms with Crippen LogP contribution in [0.2, 0.25) is 0 Å². The van der Waals surface area contributed by atoms with E-state index in [0.29, 0.717) is 5.56 Å². The van der Waals surface area contributed by atoms with Crippen LogP contribution in [0.5, 0.6) is 5.75 Å². The van der Waals surface area contributed by atoms with Crippen molar-refractivity contribution in [2.45, 2.75) is 47.0 Å². The summed E-state index contributed by atoms with van der Waals surface area (Å²) in [5.41, 5.74) is -4.84. The van der Waals surface area contributed by atoms with Crippen LogP contribution in [0.25, 0.3) is 0 Å². The Morgan fingerprint density at radius 1 is 1.16 bits per heavy atom. The topological polar surface area (TPSA) is 178 Å². The minimum absolute atomic E-state index is 0.0301. The second-order valence-electron chi connectivity index (χ2n) is 8.09. The van der Waals surface area contributed by atoms with Crippen LogP contribution >= 0.6 is 11.8 Å². The maximum Gasteiger partial charge on any atom is 0.534 e. The standard InChI is InChI=1S/C22H22F3NO9S2/c1-36-17-8-13(9-26)12(6-11-2-4-14(5-3-11)35-37(32,33)22(23,24)25)7-15(17)21(31)20(30)19(29)18(28)16(10-27)34-21/h2-5,7-8,16,18-20,27-31H,6,10H2,1H3/t16-,18-,19+,20-,21+/m1/s1. The molecule has 0 radical (unpaired) electrons. The van der Waals surface area contributed by atoms with Crippen LogP contribution in [0.4, 0.5) is 13.2 Å². The number of nitrogens with zero attached hydrogens (tertiary/aromatic N) is 1. The quantitative estimate of drug-likeness (QED) is 0.182. The van der Waals surface area contributed by atoms with Crippen LogP contribution < -0.4 is 4.18 Å². The highest BCUT2D eigenvalue weighted by Gasteiger charge is 2.54. The van der Waals surface area contributed by atoms with Gasteiger partial charge in [-0.15, -0.1) is 11.8 Å². The number of aliphatic hydroxyl groups excluding tert-OH is 4. The average Bonchev–Trinajstić information content (AvgIpc) is 2.85. The molecule has 3 rings (SSSR count). The molecule has 5 atom stereocenters. The summed E-state index contributed by atoms with van der Waals surface area (Å²) in [6, 6.07) is 9.23. The second kappa shape index (κ2) is 10.8. The fraction of sp³-hybridized carbons (Fsp3) is 0.409. The monoisotopic (exact) mass is 565 g/mol. The van der Waals surface area contributed by atoms with Gasteiger partial charge in [-0.1, -0.05) is 12.1 Å². The number of hydrogen-bond acceptors (Lipinski definition) is 11. The molecule has 1 fully saturated rings. The first-order valence-corrected chi connectivity index (χ1v) is 13.1. The van der Waals surface area contributed by atoms with Gasteiger partial charge in [0.25, 0.3) is 0 Å². The lowest BCUT2D eigenvalue weighted by Crippen LogP contribution is -2.63. The molecule has 0 unspecified atom stereocenters. The molecular weight excluding hydrogens is 543 g/mol. The van der Waals surface area contributed by atoms with Gasteiger partial charge >= 0.3 is 15.6 Å². The minimum atomic E-state index is -5.85. The number of thioether (sulfide) groups is 1. The van der Waals surface area contributed by atoms with Crippen molar-refractivity contribution >= 4 is 21.9 Å². The zero-order chi connectivity index (χ0) is 27.8. The third-order valence-corrected chi connectivity index (χ3v) is 7.46. The highest BCUT2D eigenvalue weighted by molar-refractivity contribution is 7.98. The number of rotatable bonds is 7. The molecule has 1 saturated heterocycles. The molecule has 0 bridgehead atoms. The normalized spacial score (nSPS) is 26.5. The van der Waals surface area contributed by atoms with Gasteiger partial charge in [0.1, 0.15) is 30.2 Å². The number of halogens is 3. The summed E-state index contributed by atoms with van der Waals surface area (Å²) in [5, 5.41) is 61.2. The Kier molecular flexibility index (Phi) is 8.47. The molecule has 15 heteroatoms. The third-order valence-electron chi connectivity index (χ3n) is 5.71. The number of alkyl halides is 3. The van der Waals surface area contributed by atoms with Gasteiger partial charge in [-0.05, 0) is 48.1 Å². The Morgan fingerprint density at radius 3 is 2.30 bits per heavy atom. The summed E-state index contributed by atoms with van der Waals surface area (Å²) >= 11 is 1.08. The lowest BCUT2D eigenvalue weighted by molar-refractivity contribution is -0.358. The molecule has 2 aromatic carbocycles. The molecule has 0 spiro atoms. The molecule has 2 aromatic rings. The molecule has 202 valence electrons. The molecule has 0 aliphatic carbocycles. The van der Waals surface area contributed by atoms with Gasteiger partial charge in [-0.2, -0.15) is 26.9 Å². The van der Waals surface area contributed by atoms with E-state index in [-0.39, 0.29) is 28.0 Å². The lowest BCUT2D eigenvalue weighted by Gasteiger charge is -2.46. The van der Waals surface area contributed by atoms with Crippen molar-refractivity contribution in [2.24, 2.45) is 0 Å². The van der Waals surface area contributed by atoms with Gasteiger partial charge in [0, 0.05) is 10.5 Å². The van der Waals surface area contributed by atoms with Crippen molar-refractivity contribution in [3.8, 4) is 11.8 Å². The highest BCUT2D eigenvalue weighted by atomic mass is 32.2. The lowest BCUT2D eigenvalue weighted by atomic mass is 9.86. The minimum Gasteiger partial charge on any atom is -0.394 e. The van der Waals surface area contributed by atoms with Gasteiger partial charge in [-0.25, -0.2) is 0 Å². The molecule has 37 heavy (non-hydrogen) atoms. The summed E-state index contributed by atoms with van der Waals surface area (Å²) in [6.07, 6.45) is -5.48. The number of benzene rings is 2. The molecular formula is C22H22F3NO9S2. The molecule has 0 amide bonds. The van der Waals surface area contributed by atoms with E-state index < -0.39 is 58.2 Å². The summed E-state index contributed by atoms with van der Waals surface area (Å²) in [5.74, 6) is -3.17. The molecule has 1 heterocycles. The van der Waals surface area contributed by atoms with Crippen molar-refractivity contribution < 1.29 is 56.0 Å². The van der Waals surface area contributed by atoms with Gasteiger partial charge < -0.3 is 34.5 Å². The van der Waals surface area contributed by atoms with E-state index in [0.717, 1.165) is 23.9 Å². The van der Waals surface area contributed by atoms with E-state index in [2.05, 4.69) is 4.18 Å². The van der Waals surface area contributed by atoms with E-state index in [1.165, 1.54) is 24.3 Å². The number of aliphatic hydroxyl groups is 5. The largest absolute Gasteiger partial charge is 0.534 e. The molecule has 10 nitrogen and oxygen atoms in total. The fourth-order valence-electron chi connectivity index (χ4n) is 3.76. The molecule has 0 aromatic heterocycles. The fourth-order valence-corrected chi connectivity index (χ4v) is 4.88.